The fourth-order valence-corrected chi connectivity index (χ4v) is 2.46. The van der Waals surface area contributed by atoms with Gasteiger partial charge in [-0.1, -0.05) is 60.7 Å². The molecule has 26 heavy (non-hydrogen) atoms. The van der Waals surface area contributed by atoms with Crippen molar-refractivity contribution >= 4 is 24.1 Å². The van der Waals surface area contributed by atoms with Crippen molar-refractivity contribution in [1.29, 1.82) is 0 Å². The van der Waals surface area contributed by atoms with Gasteiger partial charge in [0.25, 0.3) is 0 Å². The molecule has 0 fully saturated rings. The second-order valence-corrected chi connectivity index (χ2v) is 5.58. The molecule has 0 radical (unpaired) electrons. The standard InChI is InChI=1S/C22H22O4/c1-17(23)25-15-7-11-19-9-3-5-13-21(19)22-14-6-4-10-20(22)12-8-16-26-18(2)24/h3-14H,15-16H2,1-2H3/b11-7+,12-8+. The summed E-state index contributed by atoms with van der Waals surface area (Å²) in [5.74, 6) is -0.600. The Balaban J connectivity index is 2.25. The van der Waals surface area contributed by atoms with E-state index in [2.05, 4.69) is 0 Å². The van der Waals surface area contributed by atoms with Crippen LogP contribution in [0.3, 0.4) is 0 Å². The molecule has 0 aromatic heterocycles. The zero-order chi connectivity index (χ0) is 18.8. The lowest BCUT2D eigenvalue weighted by Gasteiger charge is -2.10. The summed E-state index contributed by atoms with van der Waals surface area (Å²) in [6, 6.07) is 16.0. The molecule has 0 unspecified atom stereocenters. The quantitative estimate of drug-likeness (QED) is 0.690. The summed E-state index contributed by atoms with van der Waals surface area (Å²) < 4.78 is 9.88. The predicted octanol–water partition coefficient (Wildman–Crippen LogP) is 4.51. The van der Waals surface area contributed by atoms with E-state index in [1.54, 1.807) is 0 Å². The first-order valence-corrected chi connectivity index (χ1v) is 8.36. The summed E-state index contributed by atoms with van der Waals surface area (Å²) in [6.45, 7) is 3.27. The maximum absolute atomic E-state index is 10.9. The highest BCUT2D eigenvalue weighted by Crippen LogP contribution is 2.28. The smallest absolute Gasteiger partial charge is 0.302 e. The summed E-state index contributed by atoms with van der Waals surface area (Å²) in [6.07, 6.45) is 7.52. The number of ether oxygens (including phenoxy) is 2. The van der Waals surface area contributed by atoms with Gasteiger partial charge in [-0.05, 0) is 34.4 Å². The van der Waals surface area contributed by atoms with Gasteiger partial charge in [-0.15, -0.1) is 0 Å². The molecule has 134 valence electrons. The molecule has 0 aliphatic carbocycles. The van der Waals surface area contributed by atoms with Gasteiger partial charge in [0.15, 0.2) is 0 Å². The normalized spacial score (nSPS) is 11.0. The molecule has 0 bridgehead atoms. The third-order valence-corrected chi connectivity index (χ3v) is 3.57. The highest BCUT2D eigenvalue weighted by molar-refractivity contribution is 5.81. The lowest BCUT2D eigenvalue weighted by atomic mass is 9.95. The van der Waals surface area contributed by atoms with Crippen molar-refractivity contribution in [2.45, 2.75) is 13.8 Å². The zero-order valence-electron chi connectivity index (χ0n) is 15.0. The molecule has 0 spiro atoms. The molecule has 0 saturated heterocycles. The molecule has 4 nitrogen and oxygen atoms in total. The van der Waals surface area contributed by atoms with Crippen LogP contribution >= 0.6 is 0 Å². The summed E-state index contributed by atoms with van der Waals surface area (Å²) in [5.41, 5.74) is 4.19. The number of hydrogen-bond acceptors (Lipinski definition) is 4. The largest absolute Gasteiger partial charge is 0.462 e. The van der Waals surface area contributed by atoms with Gasteiger partial charge in [0.1, 0.15) is 13.2 Å². The zero-order valence-corrected chi connectivity index (χ0v) is 15.0. The Labute approximate surface area is 153 Å². The molecule has 0 aliphatic heterocycles. The number of benzene rings is 2. The van der Waals surface area contributed by atoms with Crippen LogP contribution in [0, 0.1) is 0 Å². The molecule has 0 saturated carbocycles. The van der Waals surface area contributed by atoms with Gasteiger partial charge in [0, 0.05) is 13.8 Å². The Hall–Kier alpha value is -3.14. The first kappa shape index (κ1) is 19.2. The molecule has 2 aromatic carbocycles. The van der Waals surface area contributed by atoms with Gasteiger partial charge in [-0.3, -0.25) is 9.59 Å². The first-order chi connectivity index (χ1) is 12.6. The summed E-state index contributed by atoms with van der Waals surface area (Å²) in [7, 11) is 0. The fourth-order valence-electron chi connectivity index (χ4n) is 2.46. The average molecular weight is 350 g/mol. The van der Waals surface area contributed by atoms with E-state index >= 15 is 0 Å². The lowest BCUT2D eigenvalue weighted by Crippen LogP contribution is -1.97. The van der Waals surface area contributed by atoms with E-state index in [0.29, 0.717) is 0 Å². The number of carbonyl (C=O) groups is 2. The van der Waals surface area contributed by atoms with Gasteiger partial charge in [0.05, 0.1) is 0 Å². The summed E-state index contributed by atoms with van der Waals surface area (Å²) >= 11 is 0. The summed E-state index contributed by atoms with van der Waals surface area (Å²) in [5, 5.41) is 0. The molecule has 4 heteroatoms. The lowest BCUT2D eigenvalue weighted by molar-refractivity contribution is -0.140. The Bertz CT molecular complexity index is 749. The van der Waals surface area contributed by atoms with E-state index in [9.17, 15) is 9.59 Å². The van der Waals surface area contributed by atoms with Crippen molar-refractivity contribution in [2.24, 2.45) is 0 Å². The average Bonchev–Trinajstić information content (AvgIpc) is 2.63. The monoisotopic (exact) mass is 350 g/mol. The third kappa shape index (κ3) is 6.06. The van der Waals surface area contributed by atoms with Crippen molar-refractivity contribution in [1.82, 2.24) is 0 Å². The van der Waals surface area contributed by atoms with Gasteiger partial charge in [-0.2, -0.15) is 0 Å². The highest BCUT2D eigenvalue weighted by Gasteiger charge is 2.06. The molecule has 0 aliphatic rings. The molecule has 0 heterocycles. The van der Waals surface area contributed by atoms with Crippen molar-refractivity contribution in [3.8, 4) is 11.1 Å². The maximum Gasteiger partial charge on any atom is 0.302 e. The van der Waals surface area contributed by atoms with Crippen LogP contribution in [0.25, 0.3) is 23.3 Å². The minimum atomic E-state index is -0.300. The van der Waals surface area contributed by atoms with Crippen LogP contribution in [-0.2, 0) is 19.1 Å². The van der Waals surface area contributed by atoms with Gasteiger partial charge < -0.3 is 9.47 Å². The van der Waals surface area contributed by atoms with Gasteiger partial charge in [0.2, 0.25) is 0 Å². The van der Waals surface area contributed by atoms with Crippen LogP contribution in [0.4, 0.5) is 0 Å². The van der Waals surface area contributed by atoms with Gasteiger partial charge in [-0.25, -0.2) is 0 Å². The number of hydrogen-bond donors (Lipinski definition) is 0. The van der Waals surface area contributed by atoms with E-state index in [1.165, 1.54) is 13.8 Å². The minimum absolute atomic E-state index is 0.244. The van der Waals surface area contributed by atoms with E-state index in [-0.39, 0.29) is 25.2 Å². The van der Waals surface area contributed by atoms with Crippen molar-refractivity contribution < 1.29 is 19.1 Å². The van der Waals surface area contributed by atoms with Crippen molar-refractivity contribution in [3.05, 3.63) is 71.8 Å². The molecule has 0 atom stereocenters. The number of rotatable bonds is 7. The molecular formula is C22H22O4. The second kappa shape index (κ2) is 9.99. The van der Waals surface area contributed by atoms with E-state index < -0.39 is 0 Å². The SMILES string of the molecule is CC(=O)OC/C=C/c1ccccc1-c1ccccc1/C=C/COC(C)=O. The molecule has 2 aromatic rings. The minimum Gasteiger partial charge on any atom is -0.462 e. The Morgan fingerprint density at radius 2 is 1.12 bits per heavy atom. The van der Waals surface area contributed by atoms with Crippen LogP contribution in [0.2, 0.25) is 0 Å². The summed E-state index contributed by atoms with van der Waals surface area (Å²) in [4.78, 5) is 21.7. The second-order valence-electron chi connectivity index (χ2n) is 5.58. The van der Waals surface area contributed by atoms with Crippen LogP contribution in [0.1, 0.15) is 25.0 Å². The number of carbonyl (C=O) groups excluding carboxylic acids is 2. The third-order valence-electron chi connectivity index (χ3n) is 3.57. The Morgan fingerprint density at radius 3 is 1.50 bits per heavy atom. The maximum atomic E-state index is 10.9. The molecule has 0 amide bonds. The topological polar surface area (TPSA) is 52.6 Å². The highest BCUT2D eigenvalue weighted by atomic mass is 16.5. The predicted molar refractivity (Wildman–Crippen MR) is 103 cm³/mol. The molecular weight excluding hydrogens is 328 g/mol. The Kier molecular flexibility index (Phi) is 7.37. The van der Waals surface area contributed by atoms with Crippen LogP contribution in [0.5, 0.6) is 0 Å². The molecule has 2 rings (SSSR count). The van der Waals surface area contributed by atoms with Gasteiger partial charge >= 0.3 is 11.9 Å². The number of esters is 2. The van der Waals surface area contributed by atoms with Crippen molar-refractivity contribution in [2.75, 3.05) is 13.2 Å². The van der Waals surface area contributed by atoms with Crippen molar-refractivity contribution in [3.63, 3.8) is 0 Å². The fraction of sp³-hybridized carbons (Fsp3) is 0.182. The first-order valence-electron chi connectivity index (χ1n) is 8.36. The Morgan fingerprint density at radius 1 is 0.731 bits per heavy atom. The van der Waals surface area contributed by atoms with E-state index in [1.807, 2.05) is 72.8 Å². The van der Waals surface area contributed by atoms with Crippen LogP contribution in [-0.4, -0.2) is 25.2 Å². The van der Waals surface area contributed by atoms with E-state index in [4.69, 9.17) is 9.47 Å². The molecule has 0 N–H and O–H groups in total. The van der Waals surface area contributed by atoms with Crippen LogP contribution < -0.4 is 0 Å². The van der Waals surface area contributed by atoms with E-state index in [0.717, 1.165) is 22.3 Å². The van der Waals surface area contributed by atoms with Crippen LogP contribution in [0.15, 0.2) is 60.7 Å².